The van der Waals surface area contributed by atoms with Crippen molar-refractivity contribution in [3.05, 3.63) is 28.2 Å². The molecule has 82 valence electrons. The first-order valence-corrected chi connectivity index (χ1v) is 5.75. The van der Waals surface area contributed by atoms with Gasteiger partial charge in [-0.05, 0) is 18.2 Å². The number of morpholine rings is 1. The Balaban J connectivity index is 2.27. The maximum atomic E-state index is 5.44. The molecule has 2 rings (SSSR count). The molecule has 15 heavy (non-hydrogen) atoms. The maximum absolute atomic E-state index is 5.44. The van der Waals surface area contributed by atoms with Gasteiger partial charge in [0.15, 0.2) is 0 Å². The van der Waals surface area contributed by atoms with Crippen molar-refractivity contribution in [3.63, 3.8) is 0 Å². The Morgan fingerprint density at radius 1 is 1.53 bits per heavy atom. The van der Waals surface area contributed by atoms with Gasteiger partial charge in [-0.25, -0.2) is 0 Å². The monoisotopic (exact) mass is 271 g/mol. The molecule has 0 spiro atoms. The highest BCUT2D eigenvalue weighted by Gasteiger charge is 2.19. The summed E-state index contributed by atoms with van der Waals surface area (Å²) in [5.41, 5.74) is 1.14. The van der Waals surface area contributed by atoms with Crippen molar-refractivity contribution in [1.82, 2.24) is 5.32 Å². The minimum absolute atomic E-state index is 0.228. The SMILES string of the molecule is COc1ccc(Br)cc1[C@@H]1COCCN1. The molecule has 3 nitrogen and oxygen atoms in total. The van der Waals surface area contributed by atoms with Gasteiger partial charge in [0.2, 0.25) is 0 Å². The molecule has 1 aromatic carbocycles. The van der Waals surface area contributed by atoms with Gasteiger partial charge in [0.25, 0.3) is 0 Å². The van der Waals surface area contributed by atoms with Gasteiger partial charge in [0, 0.05) is 16.6 Å². The fourth-order valence-electron chi connectivity index (χ4n) is 1.74. The summed E-state index contributed by atoms with van der Waals surface area (Å²) in [5.74, 6) is 0.904. The number of ether oxygens (including phenoxy) is 2. The highest BCUT2D eigenvalue weighted by molar-refractivity contribution is 9.10. The van der Waals surface area contributed by atoms with E-state index >= 15 is 0 Å². The van der Waals surface area contributed by atoms with E-state index < -0.39 is 0 Å². The van der Waals surface area contributed by atoms with Gasteiger partial charge in [-0.2, -0.15) is 0 Å². The first kappa shape index (κ1) is 10.9. The molecule has 1 heterocycles. The Kier molecular flexibility index (Phi) is 3.61. The summed E-state index contributed by atoms with van der Waals surface area (Å²) in [6.07, 6.45) is 0. The zero-order valence-corrected chi connectivity index (χ0v) is 10.2. The second kappa shape index (κ2) is 4.96. The predicted molar refractivity (Wildman–Crippen MR) is 62.3 cm³/mol. The summed E-state index contributed by atoms with van der Waals surface area (Å²) in [7, 11) is 1.69. The van der Waals surface area contributed by atoms with Crippen LogP contribution in [0.5, 0.6) is 5.75 Å². The third-order valence-electron chi connectivity index (χ3n) is 2.49. The Morgan fingerprint density at radius 3 is 3.07 bits per heavy atom. The van der Waals surface area contributed by atoms with Crippen LogP contribution in [0.25, 0.3) is 0 Å². The van der Waals surface area contributed by atoms with Crippen LogP contribution in [0.4, 0.5) is 0 Å². The fraction of sp³-hybridized carbons (Fsp3) is 0.455. The largest absolute Gasteiger partial charge is 0.496 e. The summed E-state index contributed by atoms with van der Waals surface area (Å²) < 4.78 is 11.8. The molecule has 1 aliphatic rings. The number of hydrogen-bond donors (Lipinski definition) is 1. The van der Waals surface area contributed by atoms with Crippen molar-refractivity contribution in [3.8, 4) is 5.75 Å². The second-order valence-electron chi connectivity index (χ2n) is 3.47. The average Bonchev–Trinajstić information content (AvgIpc) is 2.30. The molecule has 0 saturated carbocycles. The number of hydrogen-bond acceptors (Lipinski definition) is 3. The first-order valence-electron chi connectivity index (χ1n) is 4.96. The van der Waals surface area contributed by atoms with Crippen LogP contribution < -0.4 is 10.1 Å². The summed E-state index contributed by atoms with van der Waals surface area (Å²) >= 11 is 3.47. The van der Waals surface area contributed by atoms with Gasteiger partial charge >= 0.3 is 0 Å². The van der Waals surface area contributed by atoms with Gasteiger partial charge in [-0.1, -0.05) is 15.9 Å². The van der Waals surface area contributed by atoms with Gasteiger partial charge in [-0.3, -0.25) is 0 Å². The Bertz CT molecular complexity index is 337. The highest BCUT2D eigenvalue weighted by Crippen LogP contribution is 2.29. The maximum Gasteiger partial charge on any atom is 0.123 e. The molecule has 0 bridgehead atoms. The van der Waals surface area contributed by atoms with Gasteiger partial charge in [-0.15, -0.1) is 0 Å². The zero-order valence-electron chi connectivity index (χ0n) is 8.63. The molecule has 0 amide bonds. The molecular weight excluding hydrogens is 258 g/mol. The summed E-state index contributed by atoms with van der Waals surface area (Å²) in [6, 6.07) is 6.25. The number of halogens is 1. The molecule has 0 unspecified atom stereocenters. The molecule has 1 N–H and O–H groups in total. The zero-order chi connectivity index (χ0) is 10.7. The van der Waals surface area contributed by atoms with Crippen molar-refractivity contribution < 1.29 is 9.47 Å². The van der Waals surface area contributed by atoms with E-state index in [2.05, 4.69) is 27.3 Å². The number of nitrogens with one attached hydrogen (secondary N) is 1. The minimum Gasteiger partial charge on any atom is -0.496 e. The smallest absolute Gasteiger partial charge is 0.123 e. The quantitative estimate of drug-likeness (QED) is 0.894. The van der Waals surface area contributed by atoms with Gasteiger partial charge in [0.05, 0.1) is 26.4 Å². The molecule has 1 aromatic rings. The molecule has 1 aliphatic heterocycles. The summed E-state index contributed by atoms with van der Waals surface area (Å²) in [5, 5.41) is 3.41. The third kappa shape index (κ3) is 2.51. The molecule has 0 radical (unpaired) electrons. The van der Waals surface area contributed by atoms with Crippen molar-refractivity contribution in [2.45, 2.75) is 6.04 Å². The molecule has 1 saturated heterocycles. The lowest BCUT2D eigenvalue weighted by Crippen LogP contribution is -2.34. The highest BCUT2D eigenvalue weighted by atomic mass is 79.9. The van der Waals surface area contributed by atoms with E-state index in [1.807, 2.05) is 12.1 Å². The van der Waals surface area contributed by atoms with E-state index in [1.54, 1.807) is 7.11 Å². The third-order valence-corrected chi connectivity index (χ3v) is 2.98. The van der Waals surface area contributed by atoms with Crippen LogP contribution in [0.1, 0.15) is 11.6 Å². The van der Waals surface area contributed by atoms with E-state index in [0.29, 0.717) is 6.61 Å². The van der Waals surface area contributed by atoms with Gasteiger partial charge < -0.3 is 14.8 Å². The number of methoxy groups -OCH3 is 1. The minimum atomic E-state index is 0.228. The Hall–Kier alpha value is -0.580. The van der Waals surface area contributed by atoms with Crippen LogP contribution in [-0.4, -0.2) is 26.9 Å². The lowest BCUT2D eigenvalue weighted by atomic mass is 10.1. The molecule has 1 fully saturated rings. The average molecular weight is 272 g/mol. The standard InChI is InChI=1S/C11H14BrNO2/c1-14-11-3-2-8(12)6-9(11)10-7-15-5-4-13-10/h2-3,6,10,13H,4-5,7H2,1H3/t10-/m0/s1. The van der Waals surface area contributed by atoms with Crippen LogP contribution in [0.3, 0.4) is 0 Å². The lowest BCUT2D eigenvalue weighted by molar-refractivity contribution is 0.0760. The van der Waals surface area contributed by atoms with E-state index in [1.165, 1.54) is 0 Å². The Labute approximate surface area is 97.9 Å². The van der Waals surface area contributed by atoms with Crippen molar-refractivity contribution in [2.24, 2.45) is 0 Å². The van der Waals surface area contributed by atoms with Crippen molar-refractivity contribution in [1.29, 1.82) is 0 Å². The van der Waals surface area contributed by atoms with E-state index in [9.17, 15) is 0 Å². The summed E-state index contributed by atoms with van der Waals surface area (Å²) in [6.45, 7) is 2.37. The molecule has 0 aliphatic carbocycles. The van der Waals surface area contributed by atoms with E-state index in [4.69, 9.17) is 9.47 Å². The van der Waals surface area contributed by atoms with Crippen LogP contribution in [0, 0.1) is 0 Å². The molecule has 4 heteroatoms. The molecule has 1 atom stereocenters. The molecule has 0 aromatic heterocycles. The summed E-state index contributed by atoms with van der Waals surface area (Å²) in [4.78, 5) is 0. The second-order valence-corrected chi connectivity index (χ2v) is 4.38. The van der Waals surface area contributed by atoms with Crippen LogP contribution in [-0.2, 0) is 4.74 Å². The number of benzene rings is 1. The lowest BCUT2D eigenvalue weighted by Gasteiger charge is -2.25. The van der Waals surface area contributed by atoms with Crippen LogP contribution >= 0.6 is 15.9 Å². The topological polar surface area (TPSA) is 30.5 Å². The normalized spacial score (nSPS) is 21.3. The fourth-order valence-corrected chi connectivity index (χ4v) is 2.12. The predicted octanol–water partition coefficient (Wildman–Crippen LogP) is 2.12. The molecular formula is C11H14BrNO2. The van der Waals surface area contributed by atoms with Crippen LogP contribution in [0.2, 0.25) is 0 Å². The van der Waals surface area contributed by atoms with Crippen molar-refractivity contribution in [2.75, 3.05) is 26.9 Å². The van der Waals surface area contributed by atoms with Gasteiger partial charge in [0.1, 0.15) is 5.75 Å². The first-order chi connectivity index (χ1) is 7.31. The van der Waals surface area contributed by atoms with Crippen LogP contribution in [0.15, 0.2) is 22.7 Å². The van der Waals surface area contributed by atoms with E-state index in [0.717, 1.165) is 28.9 Å². The van der Waals surface area contributed by atoms with E-state index in [-0.39, 0.29) is 6.04 Å². The number of rotatable bonds is 2. The Morgan fingerprint density at radius 2 is 2.40 bits per heavy atom. The van der Waals surface area contributed by atoms with Crippen molar-refractivity contribution >= 4 is 15.9 Å².